The van der Waals surface area contributed by atoms with E-state index in [1.807, 2.05) is 0 Å². The van der Waals surface area contributed by atoms with E-state index in [4.69, 9.17) is 12.2 Å². The zero-order chi connectivity index (χ0) is 16.2. The highest BCUT2D eigenvalue weighted by Gasteiger charge is 2.06. The molecule has 0 aliphatic heterocycles. The number of unbranched alkanes of at least 4 members (excludes halogenated alkanes) is 4. The number of hydrogen-bond donors (Lipinski definition) is 3. The molecule has 0 aromatic carbocycles. The Labute approximate surface area is 137 Å². The maximum atomic E-state index is 11.9. The van der Waals surface area contributed by atoms with Crippen LogP contribution >= 0.6 is 12.2 Å². The number of amides is 1. The van der Waals surface area contributed by atoms with Crippen molar-refractivity contribution in [3.63, 3.8) is 0 Å². The summed E-state index contributed by atoms with van der Waals surface area (Å²) in [6.07, 6.45) is 8.81. The first-order valence-electron chi connectivity index (χ1n) is 7.39. The van der Waals surface area contributed by atoms with Crippen molar-refractivity contribution >= 4 is 23.2 Å². The summed E-state index contributed by atoms with van der Waals surface area (Å²) in [4.78, 5) is 16.0. The van der Waals surface area contributed by atoms with Crippen molar-refractivity contribution in [1.82, 2.24) is 21.2 Å². The third kappa shape index (κ3) is 7.04. The van der Waals surface area contributed by atoms with Crippen LogP contribution in [-0.2, 0) is 0 Å². The van der Waals surface area contributed by atoms with Crippen molar-refractivity contribution in [2.24, 2.45) is 0 Å². The molecule has 1 heterocycles. The van der Waals surface area contributed by atoms with Crippen LogP contribution in [0.5, 0.6) is 0 Å². The fraction of sp³-hybridized carbons (Fsp3) is 0.438. The summed E-state index contributed by atoms with van der Waals surface area (Å²) in [6.45, 7) is 2.19. The fourth-order valence-corrected chi connectivity index (χ4v) is 1.74. The summed E-state index contributed by atoms with van der Waals surface area (Å²) >= 11 is 4.88. The first-order chi connectivity index (χ1) is 10.7. The lowest BCUT2D eigenvalue weighted by Crippen LogP contribution is -2.45. The van der Waals surface area contributed by atoms with Crippen LogP contribution in [0.3, 0.4) is 0 Å². The van der Waals surface area contributed by atoms with Gasteiger partial charge in [0.1, 0.15) is 0 Å². The number of rotatable bonds is 5. The van der Waals surface area contributed by atoms with Gasteiger partial charge < -0.3 is 5.32 Å². The van der Waals surface area contributed by atoms with Gasteiger partial charge in [-0.3, -0.25) is 20.6 Å². The van der Waals surface area contributed by atoms with E-state index in [0.29, 0.717) is 10.7 Å². The summed E-state index contributed by atoms with van der Waals surface area (Å²) < 4.78 is 0. The van der Waals surface area contributed by atoms with Crippen molar-refractivity contribution in [1.29, 1.82) is 0 Å². The smallest absolute Gasteiger partial charge is 0.271 e. The number of nitrogens with one attached hydrogen (secondary N) is 3. The zero-order valence-corrected chi connectivity index (χ0v) is 13.8. The summed E-state index contributed by atoms with van der Waals surface area (Å²) in [5.74, 6) is 5.85. The van der Waals surface area contributed by atoms with Crippen molar-refractivity contribution in [2.75, 3.05) is 7.05 Å². The van der Waals surface area contributed by atoms with Crippen LogP contribution in [-0.4, -0.2) is 23.1 Å². The van der Waals surface area contributed by atoms with E-state index in [2.05, 4.69) is 39.9 Å². The van der Waals surface area contributed by atoms with Crippen LogP contribution in [0, 0.1) is 11.8 Å². The van der Waals surface area contributed by atoms with Gasteiger partial charge in [0.2, 0.25) is 0 Å². The van der Waals surface area contributed by atoms with E-state index in [1.54, 1.807) is 19.3 Å². The first-order valence-corrected chi connectivity index (χ1v) is 7.80. The second-order valence-corrected chi connectivity index (χ2v) is 5.14. The molecule has 0 fully saturated rings. The van der Waals surface area contributed by atoms with Crippen LogP contribution in [0.2, 0.25) is 0 Å². The van der Waals surface area contributed by atoms with Crippen molar-refractivity contribution in [3.8, 4) is 11.8 Å². The van der Waals surface area contributed by atoms with Crippen molar-refractivity contribution in [2.45, 2.75) is 39.0 Å². The third-order valence-corrected chi connectivity index (χ3v) is 3.21. The number of aromatic nitrogens is 1. The first kappa shape index (κ1) is 17.9. The fourth-order valence-electron chi connectivity index (χ4n) is 1.69. The van der Waals surface area contributed by atoms with E-state index >= 15 is 0 Å². The second kappa shape index (κ2) is 10.6. The van der Waals surface area contributed by atoms with Gasteiger partial charge in [-0.1, -0.05) is 38.0 Å². The Morgan fingerprint density at radius 1 is 1.27 bits per heavy atom. The molecule has 22 heavy (non-hydrogen) atoms. The van der Waals surface area contributed by atoms with Crippen molar-refractivity contribution in [3.05, 3.63) is 29.6 Å². The van der Waals surface area contributed by atoms with Gasteiger partial charge in [0.05, 0.1) is 5.56 Å². The molecule has 6 heteroatoms. The second-order valence-electron chi connectivity index (χ2n) is 4.73. The maximum Gasteiger partial charge on any atom is 0.271 e. The van der Waals surface area contributed by atoms with Gasteiger partial charge in [0.15, 0.2) is 5.11 Å². The molecule has 1 aromatic heterocycles. The molecule has 0 bridgehead atoms. The third-order valence-electron chi connectivity index (χ3n) is 2.91. The summed E-state index contributed by atoms with van der Waals surface area (Å²) in [5.41, 5.74) is 6.24. The van der Waals surface area contributed by atoms with Crippen LogP contribution < -0.4 is 16.2 Å². The maximum absolute atomic E-state index is 11.9. The number of carbonyl (C=O) groups is 1. The van der Waals surface area contributed by atoms with Crippen LogP contribution in [0.1, 0.15) is 54.9 Å². The Bertz CT molecular complexity index is 563. The van der Waals surface area contributed by atoms with Gasteiger partial charge >= 0.3 is 0 Å². The molecule has 3 N–H and O–H groups in total. The van der Waals surface area contributed by atoms with Gasteiger partial charge in [-0.05, 0) is 24.7 Å². The highest BCUT2D eigenvalue weighted by molar-refractivity contribution is 7.80. The topological polar surface area (TPSA) is 66.0 Å². The molecular formula is C16H22N4OS. The average Bonchev–Trinajstić information content (AvgIpc) is 2.55. The van der Waals surface area contributed by atoms with E-state index in [-0.39, 0.29) is 5.91 Å². The number of nitrogens with zero attached hydrogens (tertiary/aromatic N) is 1. The molecule has 0 radical (unpaired) electrons. The van der Waals surface area contributed by atoms with Crippen LogP contribution in [0.15, 0.2) is 18.5 Å². The molecule has 118 valence electrons. The largest absolute Gasteiger partial charge is 0.364 e. The lowest BCUT2D eigenvalue weighted by atomic mass is 10.1. The van der Waals surface area contributed by atoms with Crippen LogP contribution in [0.4, 0.5) is 0 Å². The highest BCUT2D eigenvalue weighted by atomic mass is 32.1. The van der Waals surface area contributed by atoms with Gasteiger partial charge in [0, 0.05) is 31.4 Å². The summed E-state index contributed by atoms with van der Waals surface area (Å²) in [5, 5.41) is 3.04. The number of hydrazine groups is 1. The summed E-state index contributed by atoms with van der Waals surface area (Å²) in [7, 11) is 1.67. The van der Waals surface area contributed by atoms with Crippen LogP contribution in [0.25, 0.3) is 0 Å². The molecule has 0 atom stereocenters. The SMILES string of the molecule is CCCCCCC#Cc1cncc(C(=O)NNC(=S)NC)c1. The number of pyridine rings is 1. The average molecular weight is 318 g/mol. The Morgan fingerprint density at radius 3 is 2.82 bits per heavy atom. The minimum atomic E-state index is -0.309. The Kier molecular flexibility index (Phi) is 8.61. The predicted octanol–water partition coefficient (Wildman–Crippen LogP) is 2.14. The predicted molar refractivity (Wildman–Crippen MR) is 92.1 cm³/mol. The molecule has 0 aliphatic carbocycles. The summed E-state index contributed by atoms with van der Waals surface area (Å²) in [6, 6.07) is 1.71. The van der Waals surface area contributed by atoms with Gasteiger partial charge in [0.25, 0.3) is 5.91 Å². The standard InChI is InChI=1S/C16H22N4OS/c1-3-4-5-6-7-8-9-13-10-14(12-18-11-13)15(21)19-20-16(22)17-2/h10-12H,3-7H2,1-2H3,(H,19,21)(H2,17,20,22). The minimum Gasteiger partial charge on any atom is -0.364 e. The van der Waals surface area contributed by atoms with Gasteiger partial charge in [-0.15, -0.1) is 0 Å². The quantitative estimate of drug-likeness (QED) is 0.336. The molecule has 1 amide bonds. The molecule has 0 spiro atoms. The number of carbonyl (C=O) groups excluding carboxylic acids is 1. The van der Waals surface area contributed by atoms with Gasteiger partial charge in [-0.2, -0.15) is 0 Å². The number of thiocarbonyl (C=S) groups is 1. The molecule has 0 saturated heterocycles. The minimum absolute atomic E-state index is 0.309. The number of hydrogen-bond acceptors (Lipinski definition) is 3. The molecule has 5 nitrogen and oxygen atoms in total. The normalized spacial score (nSPS) is 9.36. The zero-order valence-electron chi connectivity index (χ0n) is 13.0. The lowest BCUT2D eigenvalue weighted by Gasteiger charge is -2.08. The molecule has 0 aliphatic rings. The molecule has 1 aromatic rings. The Morgan fingerprint density at radius 2 is 2.09 bits per heavy atom. The van der Waals surface area contributed by atoms with E-state index in [9.17, 15) is 4.79 Å². The van der Waals surface area contributed by atoms with E-state index < -0.39 is 0 Å². The Hall–Kier alpha value is -2.13. The molecule has 0 saturated carbocycles. The van der Waals surface area contributed by atoms with Crippen molar-refractivity contribution < 1.29 is 4.79 Å². The highest BCUT2D eigenvalue weighted by Crippen LogP contribution is 2.03. The lowest BCUT2D eigenvalue weighted by molar-refractivity contribution is 0.0943. The molecular weight excluding hydrogens is 296 g/mol. The molecule has 0 unspecified atom stereocenters. The Balaban J connectivity index is 2.53. The van der Waals surface area contributed by atoms with E-state index in [0.717, 1.165) is 18.4 Å². The van der Waals surface area contributed by atoms with Gasteiger partial charge in [-0.25, -0.2) is 0 Å². The monoisotopic (exact) mass is 318 g/mol. The molecule has 1 rings (SSSR count). The van der Waals surface area contributed by atoms with E-state index in [1.165, 1.54) is 25.5 Å².